The number of carbonyl (C=O) groups is 1. The van der Waals surface area contributed by atoms with Gasteiger partial charge in [0.25, 0.3) is 0 Å². The summed E-state index contributed by atoms with van der Waals surface area (Å²) in [5.74, 6) is 1.40. The highest BCUT2D eigenvalue weighted by Gasteiger charge is 2.12. The average Bonchev–Trinajstić information content (AvgIpc) is 3.14. The molecule has 0 aliphatic heterocycles. The van der Waals surface area contributed by atoms with E-state index in [9.17, 15) is 4.79 Å². The highest BCUT2D eigenvalue weighted by molar-refractivity contribution is 5.91. The highest BCUT2D eigenvalue weighted by Crippen LogP contribution is 2.38. The fourth-order valence-corrected chi connectivity index (χ4v) is 2.92. The van der Waals surface area contributed by atoms with E-state index in [0.717, 1.165) is 16.6 Å². The number of ether oxygens (including phenoxy) is 3. The van der Waals surface area contributed by atoms with Gasteiger partial charge in [-0.25, -0.2) is 4.98 Å². The first-order chi connectivity index (χ1) is 13.7. The van der Waals surface area contributed by atoms with Crippen LogP contribution in [-0.2, 0) is 11.3 Å². The number of benzene rings is 2. The molecule has 0 atom stereocenters. The normalized spacial score (nSPS) is 11.0. The van der Waals surface area contributed by atoms with Crippen molar-refractivity contribution in [2.45, 2.75) is 6.54 Å². The van der Waals surface area contributed by atoms with Gasteiger partial charge in [-0.15, -0.1) is 0 Å². The van der Waals surface area contributed by atoms with Gasteiger partial charge in [-0.2, -0.15) is 0 Å². The van der Waals surface area contributed by atoms with E-state index in [0.29, 0.717) is 30.3 Å². The van der Waals surface area contributed by atoms with Crippen LogP contribution in [0.5, 0.6) is 17.2 Å². The maximum absolute atomic E-state index is 12.1. The van der Waals surface area contributed by atoms with Gasteiger partial charge in [0.05, 0.1) is 38.7 Å². The Kier molecular flexibility index (Phi) is 6.16. The number of hydrogen-bond acceptors (Lipinski definition) is 5. The van der Waals surface area contributed by atoms with Crippen molar-refractivity contribution in [2.24, 2.45) is 0 Å². The quantitative estimate of drug-likeness (QED) is 0.608. The molecule has 1 aromatic heterocycles. The summed E-state index contributed by atoms with van der Waals surface area (Å²) in [5, 5.41) is 2.87. The number of methoxy groups -OCH3 is 3. The number of imidazole rings is 1. The number of aromatic nitrogens is 2. The molecule has 2 aromatic carbocycles. The lowest BCUT2D eigenvalue weighted by atomic mass is 10.1. The molecule has 0 aliphatic rings. The lowest BCUT2D eigenvalue weighted by molar-refractivity contribution is -0.116. The Labute approximate surface area is 163 Å². The maximum atomic E-state index is 12.1. The zero-order valence-electron chi connectivity index (χ0n) is 16.1. The first kappa shape index (κ1) is 19.3. The zero-order chi connectivity index (χ0) is 19.9. The molecule has 0 aliphatic carbocycles. The Morgan fingerprint density at radius 1 is 1.11 bits per heavy atom. The summed E-state index contributed by atoms with van der Waals surface area (Å²) in [6.07, 6.45) is 4.96. The third-order valence-corrected chi connectivity index (χ3v) is 4.29. The van der Waals surface area contributed by atoms with Gasteiger partial charge >= 0.3 is 0 Å². The predicted octanol–water partition coefficient (Wildman–Crippen LogP) is 2.89. The van der Waals surface area contributed by atoms with E-state index in [1.807, 2.05) is 28.8 Å². The number of nitrogens with zero attached hydrogens (tertiary/aromatic N) is 2. The van der Waals surface area contributed by atoms with Crippen LogP contribution >= 0.6 is 0 Å². The van der Waals surface area contributed by atoms with Gasteiger partial charge in [0.15, 0.2) is 11.5 Å². The van der Waals surface area contributed by atoms with Crippen LogP contribution in [0.4, 0.5) is 0 Å². The fraction of sp³-hybridized carbons (Fsp3) is 0.238. The summed E-state index contributed by atoms with van der Waals surface area (Å²) >= 11 is 0. The third-order valence-electron chi connectivity index (χ3n) is 4.29. The van der Waals surface area contributed by atoms with E-state index < -0.39 is 0 Å². The molecule has 0 spiro atoms. The van der Waals surface area contributed by atoms with Crippen LogP contribution in [0.1, 0.15) is 5.56 Å². The second-order valence-corrected chi connectivity index (χ2v) is 6.01. The molecule has 1 heterocycles. The molecule has 1 amide bonds. The minimum Gasteiger partial charge on any atom is -0.493 e. The molecular formula is C21H23N3O4. The molecule has 3 rings (SSSR count). The molecule has 7 nitrogen and oxygen atoms in total. The molecule has 7 heteroatoms. The average molecular weight is 381 g/mol. The Morgan fingerprint density at radius 3 is 2.50 bits per heavy atom. The minimum atomic E-state index is -0.182. The molecule has 0 saturated heterocycles. The summed E-state index contributed by atoms with van der Waals surface area (Å²) in [6, 6.07) is 11.5. The van der Waals surface area contributed by atoms with E-state index in [1.54, 1.807) is 45.9 Å². The predicted molar refractivity (Wildman–Crippen MR) is 108 cm³/mol. The largest absolute Gasteiger partial charge is 0.493 e. The zero-order valence-corrected chi connectivity index (χ0v) is 16.1. The maximum Gasteiger partial charge on any atom is 0.244 e. The number of hydrogen-bond donors (Lipinski definition) is 1. The monoisotopic (exact) mass is 381 g/mol. The van der Waals surface area contributed by atoms with E-state index >= 15 is 0 Å². The van der Waals surface area contributed by atoms with Crippen LogP contribution in [0.3, 0.4) is 0 Å². The van der Waals surface area contributed by atoms with Crippen LogP contribution in [0.2, 0.25) is 0 Å². The van der Waals surface area contributed by atoms with Crippen molar-refractivity contribution in [3.05, 3.63) is 54.4 Å². The summed E-state index contributed by atoms with van der Waals surface area (Å²) in [6.45, 7) is 1.14. The summed E-state index contributed by atoms with van der Waals surface area (Å²) < 4.78 is 17.9. The van der Waals surface area contributed by atoms with E-state index in [2.05, 4.69) is 10.3 Å². The molecule has 146 valence electrons. The van der Waals surface area contributed by atoms with Gasteiger partial charge in [0.2, 0.25) is 11.7 Å². The van der Waals surface area contributed by atoms with Crippen LogP contribution < -0.4 is 19.5 Å². The van der Waals surface area contributed by atoms with Crippen molar-refractivity contribution in [2.75, 3.05) is 27.9 Å². The second kappa shape index (κ2) is 8.94. The van der Waals surface area contributed by atoms with Crippen molar-refractivity contribution in [3.8, 4) is 17.2 Å². The molecular weight excluding hydrogens is 358 g/mol. The smallest absolute Gasteiger partial charge is 0.244 e. The first-order valence-electron chi connectivity index (χ1n) is 8.82. The SMILES string of the molecule is COc1cc(/C=C\C(=O)NCCn2cnc3ccccc32)cc(OC)c1OC. The van der Waals surface area contributed by atoms with Gasteiger partial charge < -0.3 is 24.1 Å². The number of amides is 1. The summed E-state index contributed by atoms with van der Waals surface area (Å²) in [7, 11) is 4.65. The molecule has 0 bridgehead atoms. The lowest BCUT2D eigenvalue weighted by Gasteiger charge is -2.12. The summed E-state index contributed by atoms with van der Waals surface area (Å²) in [4.78, 5) is 16.5. The van der Waals surface area contributed by atoms with Crippen LogP contribution in [0, 0.1) is 0 Å². The third kappa shape index (κ3) is 4.25. The second-order valence-electron chi connectivity index (χ2n) is 6.01. The van der Waals surface area contributed by atoms with Gasteiger partial charge in [-0.3, -0.25) is 4.79 Å². The van der Waals surface area contributed by atoms with Crippen molar-refractivity contribution in [1.29, 1.82) is 0 Å². The first-order valence-corrected chi connectivity index (χ1v) is 8.82. The molecule has 0 saturated carbocycles. The number of carbonyl (C=O) groups excluding carboxylic acids is 1. The van der Waals surface area contributed by atoms with Crippen molar-refractivity contribution in [3.63, 3.8) is 0 Å². The number of rotatable bonds is 8. The number of fused-ring (bicyclic) bond motifs is 1. The molecule has 1 N–H and O–H groups in total. The van der Waals surface area contributed by atoms with Gasteiger partial charge in [0, 0.05) is 19.2 Å². The standard InChI is InChI=1S/C21H23N3O4/c1-26-18-12-15(13-19(27-2)21(18)28-3)8-9-20(25)22-10-11-24-14-23-16-6-4-5-7-17(16)24/h4-9,12-14H,10-11H2,1-3H3,(H,22,25)/b9-8-. The number of para-hydroxylation sites is 2. The molecule has 0 unspecified atom stereocenters. The topological polar surface area (TPSA) is 74.6 Å². The molecule has 0 fully saturated rings. The number of nitrogens with one attached hydrogen (secondary N) is 1. The Morgan fingerprint density at radius 2 is 1.82 bits per heavy atom. The summed E-state index contributed by atoms with van der Waals surface area (Å²) in [5.41, 5.74) is 2.76. The molecule has 28 heavy (non-hydrogen) atoms. The van der Waals surface area contributed by atoms with Gasteiger partial charge in [-0.05, 0) is 35.9 Å². The highest BCUT2D eigenvalue weighted by atomic mass is 16.5. The van der Waals surface area contributed by atoms with Crippen molar-refractivity contribution in [1.82, 2.24) is 14.9 Å². The Bertz CT molecular complexity index is 969. The van der Waals surface area contributed by atoms with Crippen LogP contribution in [0.25, 0.3) is 17.1 Å². The van der Waals surface area contributed by atoms with E-state index in [1.165, 1.54) is 6.08 Å². The molecule has 0 radical (unpaired) electrons. The van der Waals surface area contributed by atoms with Crippen LogP contribution in [-0.4, -0.2) is 43.3 Å². The Hall–Kier alpha value is -3.48. The van der Waals surface area contributed by atoms with Crippen LogP contribution in [0.15, 0.2) is 48.8 Å². The Balaban J connectivity index is 1.61. The van der Waals surface area contributed by atoms with Crippen molar-refractivity contribution < 1.29 is 19.0 Å². The van der Waals surface area contributed by atoms with Crippen molar-refractivity contribution >= 4 is 23.0 Å². The fourth-order valence-electron chi connectivity index (χ4n) is 2.92. The van der Waals surface area contributed by atoms with E-state index in [4.69, 9.17) is 14.2 Å². The minimum absolute atomic E-state index is 0.182. The lowest BCUT2D eigenvalue weighted by Crippen LogP contribution is -2.25. The van der Waals surface area contributed by atoms with Gasteiger partial charge in [-0.1, -0.05) is 12.1 Å². The van der Waals surface area contributed by atoms with Gasteiger partial charge in [0.1, 0.15) is 0 Å². The van der Waals surface area contributed by atoms with E-state index in [-0.39, 0.29) is 5.91 Å². The molecule has 3 aromatic rings.